The number of carbonyl (C=O) groups is 2. The Bertz CT molecular complexity index is 933. The summed E-state index contributed by atoms with van der Waals surface area (Å²) in [6.45, 7) is 3.16. The second kappa shape index (κ2) is 8.33. The maximum absolute atomic E-state index is 13.3. The molecule has 29 heavy (non-hydrogen) atoms. The van der Waals surface area contributed by atoms with Crippen LogP contribution in [0.1, 0.15) is 6.92 Å². The first-order valence-corrected chi connectivity index (χ1v) is 10.8. The number of Topliss-reactive ketones (excluding diaryl/α,β-unsaturated/α-hetero) is 1. The third-order valence-corrected chi connectivity index (χ3v) is 6.54. The Kier molecular flexibility index (Phi) is 5.62. The van der Waals surface area contributed by atoms with E-state index in [-0.39, 0.29) is 17.7 Å². The van der Waals surface area contributed by atoms with Gasteiger partial charge in [0.2, 0.25) is 0 Å². The summed E-state index contributed by atoms with van der Waals surface area (Å²) < 4.78 is 5.22. The Labute approximate surface area is 175 Å². The molecule has 2 atom stereocenters. The van der Waals surface area contributed by atoms with Gasteiger partial charge in [-0.05, 0) is 36.8 Å². The molecule has 1 aliphatic carbocycles. The van der Waals surface area contributed by atoms with Crippen molar-refractivity contribution in [3.8, 4) is 0 Å². The summed E-state index contributed by atoms with van der Waals surface area (Å²) in [6.07, 6.45) is 9.98. The number of hydrogen-bond acceptors (Lipinski definition) is 6. The normalized spacial score (nSPS) is 24.6. The highest BCUT2D eigenvalue weighted by Crippen LogP contribution is 2.51. The van der Waals surface area contributed by atoms with Crippen LogP contribution in [0.2, 0.25) is 0 Å². The fraction of sp³-hybridized carbons (Fsp3) is 0.304. The van der Waals surface area contributed by atoms with Crippen LogP contribution in [0.3, 0.4) is 0 Å². The first-order valence-electron chi connectivity index (χ1n) is 9.83. The monoisotopic (exact) mass is 408 g/mol. The quantitative estimate of drug-likeness (QED) is 0.557. The Morgan fingerprint density at radius 1 is 1.24 bits per heavy atom. The molecule has 0 radical (unpaired) electrons. The van der Waals surface area contributed by atoms with Crippen molar-refractivity contribution in [3.63, 3.8) is 0 Å². The lowest BCUT2D eigenvalue weighted by atomic mass is 9.66. The van der Waals surface area contributed by atoms with Crippen LogP contribution in [0.4, 0.5) is 0 Å². The molecule has 1 aromatic rings. The molecule has 4 rings (SSSR count). The fourth-order valence-corrected chi connectivity index (χ4v) is 5.03. The summed E-state index contributed by atoms with van der Waals surface area (Å²) in [5.41, 5.74) is 1.75. The van der Waals surface area contributed by atoms with E-state index >= 15 is 0 Å². The van der Waals surface area contributed by atoms with Gasteiger partial charge in [0.25, 0.3) is 0 Å². The summed E-state index contributed by atoms with van der Waals surface area (Å²) >= 11 is 1.55. The van der Waals surface area contributed by atoms with E-state index in [0.717, 1.165) is 16.2 Å². The van der Waals surface area contributed by atoms with E-state index in [1.807, 2.05) is 54.6 Å². The minimum Gasteiger partial charge on any atom is -0.461 e. The van der Waals surface area contributed by atoms with E-state index in [4.69, 9.17) is 4.74 Å². The lowest BCUT2D eigenvalue weighted by molar-refractivity contribution is -0.139. The van der Waals surface area contributed by atoms with Gasteiger partial charge >= 0.3 is 5.97 Å². The molecule has 0 amide bonds. The van der Waals surface area contributed by atoms with Gasteiger partial charge in [0, 0.05) is 23.7 Å². The highest BCUT2D eigenvalue weighted by molar-refractivity contribution is 8.00. The van der Waals surface area contributed by atoms with Crippen LogP contribution in [-0.2, 0) is 14.3 Å². The number of nitrogens with one attached hydrogen (secondary N) is 2. The standard InChI is InChI=1S/C23H24N2O3S/c1-2-28-22(27)19-13-23-16(11-12-24-19)7-6-10-21(23)25-14-18(23)20(26)15-29-17-8-4-3-5-9-17/h3-11,13,18,24-25H,2,12,14-15H2,1H3. The van der Waals surface area contributed by atoms with Crippen LogP contribution in [-0.4, -0.2) is 37.2 Å². The number of esters is 1. The number of ether oxygens (including phenoxy) is 1. The molecule has 1 fully saturated rings. The molecule has 2 unspecified atom stereocenters. The van der Waals surface area contributed by atoms with Gasteiger partial charge in [0.05, 0.1) is 23.7 Å². The summed E-state index contributed by atoms with van der Waals surface area (Å²) in [5.74, 6) is -0.122. The number of ketones is 1. The molecule has 150 valence electrons. The molecule has 5 nitrogen and oxygen atoms in total. The van der Waals surface area contributed by atoms with Crippen LogP contribution in [0.25, 0.3) is 0 Å². The van der Waals surface area contributed by atoms with E-state index in [1.165, 1.54) is 0 Å². The van der Waals surface area contributed by atoms with Gasteiger partial charge in [-0.2, -0.15) is 0 Å². The number of carbonyl (C=O) groups excluding carboxylic acids is 2. The zero-order chi connectivity index (χ0) is 20.3. The highest BCUT2D eigenvalue weighted by atomic mass is 32.2. The van der Waals surface area contributed by atoms with Crippen LogP contribution in [0.5, 0.6) is 0 Å². The molecule has 3 aliphatic rings. The highest BCUT2D eigenvalue weighted by Gasteiger charge is 2.52. The van der Waals surface area contributed by atoms with Gasteiger partial charge in [-0.25, -0.2) is 4.79 Å². The molecule has 1 saturated heterocycles. The number of rotatable bonds is 6. The average Bonchev–Trinajstić information content (AvgIpc) is 2.99. The van der Waals surface area contributed by atoms with Crippen LogP contribution in [0, 0.1) is 11.3 Å². The average molecular weight is 409 g/mol. The lowest BCUT2D eigenvalue weighted by Crippen LogP contribution is -2.36. The Morgan fingerprint density at radius 3 is 2.86 bits per heavy atom. The number of hydrogen-bond donors (Lipinski definition) is 2. The summed E-state index contributed by atoms with van der Waals surface area (Å²) in [4.78, 5) is 26.9. The Balaban J connectivity index is 1.66. The Morgan fingerprint density at radius 2 is 2.07 bits per heavy atom. The van der Waals surface area contributed by atoms with Crippen molar-refractivity contribution in [2.24, 2.45) is 11.3 Å². The van der Waals surface area contributed by atoms with Gasteiger partial charge < -0.3 is 15.4 Å². The summed E-state index contributed by atoms with van der Waals surface area (Å²) in [6, 6.07) is 9.94. The SMILES string of the molecule is CCOC(=O)C1=CC23C(=CCN1)C=CC=C2NCC3C(=O)CSc1ccccc1. The minimum absolute atomic E-state index is 0.164. The first-order chi connectivity index (χ1) is 14.1. The fourth-order valence-electron chi connectivity index (χ4n) is 4.17. The summed E-state index contributed by atoms with van der Waals surface area (Å²) in [7, 11) is 0. The zero-order valence-corrected chi connectivity index (χ0v) is 17.1. The molecule has 2 heterocycles. The minimum atomic E-state index is -0.658. The van der Waals surface area contributed by atoms with Crippen molar-refractivity contribution in [1.82, 2.24) is 10.6 Å². The Hall–Kier alpha value is -2.73. The molecule has 0 saturated carbocycles. The lowest BCUT2D eigenvalue weighted by Gasteiger charge is -2.35. The number of benzene rings is 1. The molecule has 0 aromatic heterocycles. The second-order valence-electron chi connectivity index (χ2n) is 7.13. The van der Waals surface area contributed by atoms with E-state index < -0.39 is 5.41 Å². The van der Waals surface area contributed by atoms with E-state index in [0.29, 0.717) is 31.1 Å². The molecule has 1 aromatic carbocycles. The van der Waals surface area contributed by atoms with Gasteiger partial charge in [-0.3, -0.25) is 4.79 Å². The third kappa shape index (κ3) is 3.65. The van der Waals surface area contributed by atoms with Gasteiger partial charge in [0.1, 0.15) is 11.5 Å². The van der Waals surface area contributed by atoms with Crippen molar-refractivity contribution < 1.29 is 14.3 Å². The largest absolute Gasteiger partial charge is 0.461 e. The summed E-state index contributed by atoms with van der Waals surface area (Å²) in [5, 5.41) is 6.56. The van der Waals surface area contributed by atoms with E-state index in [1.54, 1.807) is 18.7 Å². The third-order valence-electron chi connectivity index (χ3n) is 5.50. The van der Waals surface area contributed by atoms with Crippen molar-refractivity contribution in [3.05, 3.63) is 77.7 Å². The second-order valence-corrected chi connectivity index (χ2v) is 8.18. The van der Waals surface area contributed by atoms with Crippen molar-refractivity contribution in [2.45, 2.75) is 11.8 Å². The van der Waals surface area contributed by atoms with Crippen LogP contribution in [0.15, 0.2) is 82.6 Å². The molecule has 2 N–H and O–H groups in total. The van der Waals surface area contributed by atoms with E-state index in [9.17, 15) is 9.59 Å². The van der Waals surface area contributed by atoms with Crippen molar-refractivity contribution in [2.75, 3.05) is 25.4 Å². The first kappa shape index (κ1) is 19.6. The molecular weight excluding hydrogens is 384 g/mol. The topological polar surface area (TPSA) is 67.4 Å². The van der Waals surface area contributed by atoms with Crippen LogP contribution >= 0.6 is 11.8 Å². The predicted octanol–water partition coefficient (Wildman–Crippen LogP) is 2.98. The molecule has 0 bridgehead atoms. The van der Waals surface area contributed by atoms with Crippen molar-refractivity contribution in [1.29, 1.82) is 0 Å². The predicted molar refractivity (Wildman–Crippen MR) is 114 cm³/mol. The smallest absolute Gasteiger partial charge is 0.354 e. The molecular formula is C23H24N2O3S. The molecule has 2 aliphatic heterocycles. The number of thioether (sulfide) groups is 1. The molecule has 6 heteroatoms. The molecule has 1 spiro atoms. The van der Waals surface area contributed by atoms with Gasteiger partial charge in [-0.1, -0.05) is 36.4 Å². The maximum atomic E-state index is 13.3. The maximum Gasteiger partial charge on any atom is 0.354 e. The van der Waals surface area contributed by atoms with Crippen LogP contribution < -0.4 is 10.6 Å². The zero-order valence-electron chi connectivity index (χ0n) is 16.3. The van der Waals surface area contributed by atoms with Crippen molar-refractivity contribution >= 4 is 23.5 Å². The van der Waals surface area contributed by atoms with E-state index in [2.05, 4.69) is 16.7 Å². The van der Waals surface area contributed by atoms with Gasteiger partial charge in [-0.15, -0.1) is 11.8 Å². The van der Waals surface area contributed by atoms with Gasteiger partial charge in [0.15, 0.2) is 0 Å². The number of allylic oxidation sites excluding steroid dienone is 4.